The standard InChI is InChI=1S/C18H22ClN3O2/c1-13(10-11-23)20-17(24)9-8-16-14(2)21-22(18(16)19)12-15-6-4-3-5-7-15/h3-9,13,23H,10-12H2,1-2H3,(H,20,24)/b9-8+. The van der Waals surface area contributed by atoms with Crippen molar-refractivity contribution in [3.63, 3.8) is 0 Å². The van der Waals surface area contributed by atoms with Gasteiger partial charge in [-0.15, -0.1) is 0 Å². The molecular weight excluding hydrogens is 326 g/mol. The van der Waals surface area contributed by atoms with E-state index in [-0.39, 0.29) is 18.6 Å². The second-order valence-corrected chi connectivity index (χ2v) is 6.05. The average Bonchev–Trinajstić information content (AvgIpc) is 2.80. The summed E-state index contributed by atoms with van der Waals surface area (Å²) >= 11 is 6.40. The first kappa shape index (κ1) is 18.2. The van der Waals surface area contributed by atoms with Gasteiger partial charge in [0.05, 0.1) is 12.2 Å². The molecule has 0 aliphatic carbocycles. The summed E-state index contributed by atoms with van der Waals surface area (Å²) in [5.74, 6) is -0.220. The first-order chi connectivity index (χ1) is 11.5. The lowest BCUT2D eigenvalue weighted by molar-refractivity contribution is -0.117. The van der Waals surface area contributed by atoms with Gasteiger partial charge in [0.1, 0.15) is 5.15 Å². The number of nitrogens with one attached hydrogen (secondary N) is 1. The number of aliphatic hydroxyl groups is 1. The first-order valence-corrected chi connectivity index (χ1v) is 8.25. The molecule has 0 fully saturated rings. The van der Waals surface area contributed by atoms with Crippen LogP contribution in [0.5, 0.6) is 0 Å². The van der Waals surface area contributed by atoms with Crippen LogP contribution in [0.4, 0.5) is 0 Å². The van der Waals surface area contributed by atoms with E-state index in [4.69, 9.17) is 16.7 Å². The summed E-state index contributed by atoms with van der Waals surface area (Å²) in [5.41, 5.74) is 2.61. The van der Waals surface area contributed by atoms with Crippen molar-refractivity contribution in [2.24, 2.45) is 0 Å². The highest BCUT2D eigenvalue weighted by Crippen LogP contribution is 2.22. The number of carbonyl (C=O) groups is 1. The summed E-state index contributed by atoms with van der Waals surface area (Å²) in [6, 6.07) is 9.85. The molecule has 0 bridgehead atoms. The van der Waals surface area contributed by atoms with Gasteiger partial charge in [-0.1, -0.05) is 41.9 Å². The van der Waals surface area contributed by atoms with Gasteiger partial charge in [-0.3, -0.25) is 4.79 Å². The van der Waals surface area contributed by atoms with Crippen LogP contribution in [-0.2, 0) is 11.3 Å². The smallest absolute Gasteiger partial charge is 0.244 e. The number of aryl methyl sites for hydroxylation is 1. The quantitative estimate of drug-likeness (QED) is 0.757. The monoisotopic (exact) mass is 347 g/mol. The zero-order valence-corrected chi connectivity index (χ0v) is 14.6. The lowest BCUT2D eigenvalue weighted by atomic mass is 10.2. The number of aromatic nitrogens is 2. The SMILES string of the molecule is Cc1nn(Cc2ccccc2)c(Cl)c1/C=C/C(=O)NC(C)CCO. The molecule has 0 spiro atoms. The van der Waals surface area contributed by atoms with E-state index in [0.29, 0.717) is 18.1 Å². The maximum atomic E-state index is 11.9. The number of amides is 1. The minimum atomic E-state index is -0.220. The van der Waals surface area contributed by atoms with Crippen molar-refractivity contribution >= 4 is 23.6 Å². The second kappa shape index (κ2) is 8.66. The maximum absolute atomic E-state index is 11.9. The van der Waals surface area contributed by atoms with Crippen LogP contribution in [-0.4, -0.2) is 33.4 Å². The van der Waals surface area contributed by atoms with Crippen molar-refractivity contribution in [2.75, 3.05) is 6.61 Å². The normalized spacial score (nSPS) is 12.5. The van der Waals surface area contributed by atoms with E-state index in [0.717, 1.165) is 16.8 Å². The predicted octanol–water partition coefficient (Wildman–Crippen LogP) is 2.79. The fourth-order valence-corrected chi connectivity index (χ4v) is 2.63. The Morgan fingerprint density at radius 1 is 1.42 bits per heavy atom. The molecule has 0 saturated carbocycles. The molecule has 24 heavy (non-hydrogen) atoms. The Balaban J connectivity index is 2.08. The molecule has 0 aliphatic rings. The molecule has 2 N–H and O–H groups in total. The summed E-state index contributed by atoms with van der Waals surface area (Å²) in [4.78, 5) is 11.9. The van der Waals surface area contributed by atoms with E-state index in [2.05, 4.69) is 10.4 Å². The van der Waals surface area contributed by atoms with Crippen LogP contribution < -0.4 is 5.32 Å². The Hall–Kier alpha value is -2.11. The largest absolute Gasteiger partial charge is 0.396 e. The molecule has 1 atom stereocenters. The Morgan fingerprint density at radius 3 is 2.79 bits per heavy atom. The zero-order chi connectivity index (χ0) is 17.5. The third kappa shape index (κ3) is 4.94. The minimum Gasteiger partial charge on any atom is -0.396 e. The van der Waals surface area contributed by atoms with Gasteiger partial charge >= 0.3 is 0 Å². The van der Waals surface area contributed by atoms with Gasteiger partial charge in [-0.05, 0) is 31.9 Å². The Labute approximate surface area is 146 Å². The molecule has 0 saturated heterocycles. The summed E-state index contributed by atoms with van der Waals surface area (Å²) in [7, 11) is 0. The van der Waals surface area contributed by atoms with E-state index in [9.17, 15) is 4.79 Å². The number of aliphatic hydroxyl groups excluding tert-OH is 1. The molecule has 1 heterocycles. The minimum absolute atomic E-state index is 0.0440. The van der Waals surface area contributed by atoms with Crippen LogP contribution in [0.2, 0.25) is 5.15 Å². The van der Waals surface area contributed by atoms with Gasteiger partial charge in [-0.25, -0.2) is 4.68 Å². The zero-order valence-electron chi connectivity index (χ0n) is 13.9. The highest BCUT2D eigenvalue weighted by molar-refractivity contribution is 6.31. The molecule has 1 amide bonds. The lowest BCUT2D eigenvalue weighted by Gasteiger charge is -2.09. The van der Waals surface area contributed by atoms with Crippen molar-refractivity contribution in [2.45, 2.75) is 32.9 Å². The number of hydrogen-bond donors (Lipinski definition) is 2. The van der Waals surface area contributed by atoms with Crippen LogP contribution >= 0.6 is 11.6 Å². The van der Waals surface area contributed by atoms with Crippen LogP contribution in [0.25, 0.3) is 6.08 Å². The summed E-state index contributed by atoms with van der Waals surface area (Å²) in [6.07, 6.45) is 3.64. The lowest BCUT2D eigenvalue weighted by Crippen LogP contribution is -2.31. The molecule has 2 rings (SSSR count). The topological polar surface area (TPSA) is 67.2 Å². The van der Waals surface area contributed by atoms with E-state index in [1.807, 2.05) is 44.2 Å². The van der Waals surface area contributed by atoms with Gasteiger partial charge in [-0.2, -0.15) is 5.10 Å². The number of hydrogen-bond acceptors (Lipinski definition) is 3. The van der Waals surface area contributed by atoms with E-state index in [1.54, 1.807) is 10.8 Å². The molecule has 5 nitrogen and oxygen atoms in total. The summed E-state index contributed by atoms with van der Waals surface area (Å²) in [6.45, 7) is 4.33. The van der Waals surface area contributed by atoms with Crippen LogP contribution in [0.3, 0.4) is 0 Å². The van der Waals surface area contributed by atoms with Gasteiger partial charge in [0.2, 0.25) is 5.91 Å². The number of halogens is 1. The van der Waals surface area contributed by atoms with Crippen LogP contribution in [0.1, 0.15) is 30.2 Å². The number of rotatable bonds is 7. The molecule has 2 aromatic rings. The summed E-state index contributed by atoms with van der Waals surface area (Å²) < 4.78 is 1.72. The van der Waals surface area contributed by atoms with Gasteiger partial charge in [0.15, 0.2) is 0 Å². The fraction of sp³-hybridized carbons (Fsp3) is 0.333. The molecule has 6 heteroatoms. The van der Waals surface area contributed by atoms with Crippen molar-refractivity contribution in [3.8, 4) is 0 Å². The van der Waals surface area contributed by atoms with Crippen LogP contribution in [0, 0.1) is 6.92 Å². The van der Waals surface area contributed by atoms with Crippen molar-refractivity contribution in [1.29, 1.82) is 0 Å². The summed E-state index contributed by atoms with van der Waals surface area (Å²) in [5, 5.41) is 16.6. The molecule has 128 valence electrons. The number of nitrogens with zero attached hydrogens (tertiary/aromatic N) is 2. The fourth-order valence-electron chi connectivity index (χ4n) is 2.33. The predicted molar refractivity (Wildman–Crippen MR) is 95.9 cm³/mol. The third-order valence-electron chi connectivity index (χ3n) is 3.64. The third-order valence-corrected chi connectivity index (χ3v) is 4.04. The average molecular weight is 348 g/mol. The molecule has 1 aromatic carbocycles. The van der Waals surface area contributed by atoms with Crippen molar-refractivity contribution < 1.29 is 9.90 Å². The second-order valence-electron chi connectivity index (χ2n) is 5.69. The molecule has 1 aromatic heterocycles. The molecular formula is C18H22ClN3O2. The van der Waals surface area contributed by atoms with Gasteiger partial charge in [0.25, 0.3) is 0 Å². The Kier molecular flexibility index (Phi) is 6.58. The van der Waals surface area contributed by atoms with Crippen molar-refractivity contribution in [3.05, 3.63) is 58.4 Å². The highest BCUT2D eigenvalue weighted by Gasteiger charge is 2.12. The Bertz CT molecular complexity index is 711. The Morgan fingerprint density at radius 2 is 2.12 bits per heavy atom. The molecule has 1 unspecified atom stereocenters. The van der Waals surface area contributed by atoms with Gasteiger partial charge < -0.3 is 10.4 Å². The maximum Gasteiger partial charge on any atom is 0.244 e. The molecule has 0 radical (unpaired) electrons. The van der Waals surface area contributed by atoms with Crippen molar-refractivity contribution in [1.82, 2.24) is 15.1 Å². The molecule has 0 aliphatic heterocycles. The first-order valence-electron chi connectivity index (χ1n) is 7.87. The van der Waals surface area contributed by atoms with Crippen LogP contribution in [0.15, 0.2) is 36.4 Å². The van der Waals surface area contributed by atoms with Gasteiger partial charge in [0, 0.05) is 24.3 Å². The van der Waals surface area contributed by atoms with E-state index in [1.165, 1.54) is 6.08 Å². The van der Waals surface area contributed by atoms with E-state index < -0.39 is 0 Å². The van der Waals surface area contributed by atoms with E-state index >= 15 is 0 Å². The highest BCUT2D eigenvalue weighted by atomic mass is 35.5. The number of carbonyl (C=O) groups excluding carboxylic acids is 1. The number of benzene rings is 1.